The van der Waals surface area contributed by atoms with E-state index in [0.717, 1.165) is 16.7 Å². The zero-order valence-corrected chi connectivity index (χ0v) is 10.5. The molecule has 0 spiro atoms. The molecular formula is C14H13ClO2. The minimum atomic E-state index is 0.178. The fraction of sp³-hybridized carbons (Fsp3) is 0.143. The molecule has 17 heavy (non-hydrogen) atoms. The highest BCUT2D eigenvalue weighted by Gasteiger charge is 2.04. The lowest BCUT2D eigenvalue weighted by Crippen LogP contribution is -1.85. The van der Waals surface area contributed by atoms with Crippen LogP contribution < -0.4 is 4.74 Å². The third-order valence-corrected chi connectivity index (χ3v) is 2.72. The third-order valence-electron chi connectivity index (χ3n) is 2.50. The van der Waals surface area contributed by atoms with E-state index in [2.05, 4.69) is 0 Å². The predicted molar refractivity (Wildman–Crippen MR) is 69.8 cm³/mol. The largest absolute Gasteiger partial charge is 0.508 e. The number of benzene rings is 2. The van der Waals surface area contributed by atoms with Gasteiger partial charge in [0, 0.05) is 11.1 Å². The molecule has 0 bridgehead atoms. The average Bonchev–Trinajstić information content (AvgIpc) is 2.26. The van der Waals surface area contributed by atoms with Crippen LogP contribution in [0.1, 0.15) is 5.56 Å². The van der Waals surface area contributed by atoms with E-state index in [0.29, 0.717) is 10.8 Å². The van der Waals surface area contributed by atoms with Gasteiger partial charge in [0.15, 0.2) is 0 Å². The monoisotopic (exact) mass is 248 g/mol. The van der Waals surface area contributed by atoms with E-state index in [1.165, 1.54) is 0 Å². The summed E-state index contributed by atoms with van der Waals surface area (Å²) in [5, 5.41) is 10.3. The lowest BCUT2D eigenvalue weighted by atomic mass is 10.0. The SMILES string of the molecule is COc1cc(O)cc(-c2cc(C)cc(Cl)c2)c1. The number of halogens is 1. The molecule has 88 valence electrons. The van der Waals surface area contributed by atoms with Crippen molar-refractivity contribution in [2.45, 2.75) is 6.92 Å². The molecule has 0 saturated carbocycles. The van der Waals surface area contributed by atoms with Gasteiger partial charge in [-0.25, -0.2) is 0 Å². The standard InChI is InChI=1S/C14H13ClO2/c1-9-3-10(5-12(15)4-9)11-6-13(16)8-14(7-11)17-2/h3-8,16H,1-2H3. The van der Waals surface area contributed by atoms with Crippen molar-refractivity contribution in [2.75, 3.05) is 7.11 Å². The summed E-state index contributed by atoms with van der Waals surface area (Å²) in [6, 6.07) is 10.9. The zero-order valence-electron chi connectivity index (χ0n) is 9.70. The highest BCUT2D eigenvalue weighted by atomic mass is 35.5. The summed E-state index contributed by atoms with van der Waals surface area (Å²) in [6.07, 6.45) is 0. The highest BCUT2D eigenvalue weighted by molar-refractivity contribution is 6.30. The molecule has 0 saturated heterocycles. The number of aromatic hydroxyl groups is 1. The number of phenolic OH excluding ortho intramolecular Hbond substituents is 1. The van der Waals surface area contributed by atoms with Crippen molar-refractivity contribution in [3.8, 4) is 22.6 Å². The van der Waals surface area contributed by atoms with Gasteiger partial charge in [-0.2, -0.15) is 0 Å². The number of phenols is 1. The molecule has 0 atom stereocenters. The number of methoxy groups -OCH3 is 1. The first-order valence-corrected chi connectivity index (χ1v) is 5.62. The molecule has 0 aliphatic heterocycles. The van der Waals surface area contributed by atoms with Gasteiger partial charge in [0.2, 0.25) is 0 Å². The molecule has 3 heteroatoms. The molecule has 2 aromatic carbocycles. The molecule has 0 fully saturated rings. The smallest absolute Gasteiger partial charge is 0.123 e. The van der Waals surface area contributed by atoms with Crippen LogP contribution in [0.4, 0.5) is 0 Å². The number of ether oxygens (including phenoxy) is 1. The fourth-order valence-corrected chi connectivity index (χ4v) is 2.06. The van der Waals surface area contributed by atoms with Crippen LogP contribution in [0.3, 0.4) is 0 Å². The van der Waals surface area contributed by atoms with Crippen molar-refractivity contribution in [2.24, 2.45) is 0 Å². The molecule has 1 N–H and O–H groups in total. The Hall–Kier alpha value is -1.67. The summed E-state index contributed by atoms with van der Waals surface area (Å²) < 4.78 is 5.12. The van der Waals surface area contributed by atoms with Gasteiger partial charge in [-0.05, 0) is 47.9 Å². The van der Waals surface area contributed by atoms with Crippen LogP contribution in [0.25, 0.3) is 11.1 Å². The molecular weight excluding hydrogens is 236 g/mol. The van der Waals surface area contributed by atoms with Crippen molar-refractivity contribution < 1.29 is 9.84 Å². The first kappa shape index (κ1) is 11.8. The van der Waals surface area contributed by atoms with Crippen molar-refractivity contribution in [1.29, 1.82) is 0 Å². The molecule has 0 amide bonds. The van der Waals surface area contributed by atoms with Crippen LogP contribution >= 0.6 is 11.6 Å². The molecule has 2 nitrogen and oxygen atoms in total. The van der Waals surface area contributed by atoms with Crippen LogP contribution in [0.15, 0.2) is 36.4 Å². The summed E-state index contributed by atoms with van der Waals surface area (Å²) >= 11 is 6.02. The van der Waals surface area contributed by atoms with E-state index in [9.17, 15) is 5.11 Å². The van der Waals surface area contributed by atoms with Crippen molar-refractivity contribution >= 4 is 11.6 Å². The first-order valence-electron chi connectivity index (χ1n) is 5.24. The van der Waals surface area contributed by atoms with E-state index in [1.807, 2.05) is 31.2 Å². The van der Waals surface area contributed by atoms with Crippen LogP contribution in [-0.2, 0) is 0 Å². The number of aryl methyl sites for hydroxylation is 1. The van der Waals surface area contributed by atoms with Gasteiger partial charge in [-0.15, -0.1) is 0 Å². The van der Waals surface area contributed by atoms with E-state index in [4.69, 9.17) is 16.3 Å². The van der Waals surface area contributed by atoms with Gasteiger partial charge in [-0.3, -0.25) is 0 Å². The zero-order chi connectivity index (χ0) is 12.4. The third kappa shape index (κ3) is 2.71. The topological polar surface area (TPSA) is 29.5 Å². The Morgan fingerprint density at radius 2 is 1.71 bits per heavy atom. The maximum Gasteiger partial charge on any atom is 0.123 e. The van der Waals surface area contributed by atoms with E-state index >= 15 is 0 Å². The average molecular weight is 249 g/mol. The summed E-state index contributed by atoms with van der Waals surface area (Å²) in [5.74, 6) is 0.801. The molecule has 0 aliphatic rings. The van der Waals surface area contributed by atoms with Gasteiger partial charge < -0.3 is 9.84 Å². The summed E-state index contributed by atoms with van der Waals surface area (Å²) in [7, 11) is 1.57. The van der Waals surface area contributed by atoms with Crippen molar-refractivity contribution in [1.82, 2.24) is 0 Å². The van der Waals surface area contributed by atoms with Crippen LogP contribution in [-0.4, -0.2) is 12.2 Å². The maximum absolute atomic E-state index is 9.61. The Kier molecular flexibility index (Phi) is 3.25. The van der Waals surface area contributed by atoms with Crippen LogP contribution in [0, 0.1) is 6.92 Å². The second-order valence-corrected chi connectivity index (χ2v) is 4.37. The summed E-state index contributed by atoms with van der Waals surface area (Å²) in [4.78, 5) is 0. The van der Waals surface area contributed by atoms with E-state index in [1.54, 1.807) is 19.2 Å². The highest BCUT2D eigenvalue weighted by Crippen LogP contribution is 2.31. The van der Waals surface area contributed by atoms with Gasteiger partial charge in [0.25, 0.3) is 0 Å². The number of hydrogen-bond acceptors (Lipinski definition) is 2. The Morgan fingerprint density at radius 1 is 1.00 bits per heavy atom. The Balaban J connectivity index is 2.55. The quantitative estimate of drug-likeness (QED) is 0.870. The normalized spacial score (nSPS) is 10.3. The molecule has 0 aliphatic carbocycles. The molecule has 0 unspecified atom stereocenters. The minimum absolute atomic E-state index is 0.178. The molecule has 2 aromatic rings. The van der Waals surface area contributed by atoms with E-state index in [-0.39, 0.29) is 5.75 Å². The Bertz CT molecular complexity index is 530. The second-order valence-electron chi connectivity index (χ2n) is 3.94. The molecule has 0 radical (unpaired) electrons. The van der Waals surface area contributed by atoms with Crippen LogP contribution in [0.5, 0.6) is 11.5 Å². The van der Waals surface area contributed by atoms with Crippen molar-refractivity contribution in [3.63, 3.8) is 0 Å². The van der Waals surface area contributed by atoms with Crippen LogP contribution in [0.2, 0.25) is 5.02 Å². The number of hydrogen-bond donors (Lipinski definition) is 1. The fourth-order valence-electron chi connectivity index (χ4n) is 1.77. The molecule has 0 aromatic heterocycles. The van der Waals surface area contributed by atoms with Crippen molar-refractivity contribution in [3.05, 3.63) is 47.0 Å². The summed E-state index contributed by atoms with van der Waals surface area (Å²) in [6.45, 7) is 1.98. The van der Waals surface area contributed by atoms with Gasteiger partial charge in [0.1, 0.15) is 11.5 Å². The molecule has 0 heterocycles. The van der Waals surface area contributed by atoms with Gasteiger partial charge in [-0.1, -0.05) is 17.7 Å². The minimum Gasteiger partial charge on any atom is -0.508 e. The number of rotatable bonds is 2. The summed E-state index contributed by atoms with van der Waals surface area (Å²) in [5.41, 5.74) is 2.92. The predicted octanol–water partition coefficient (Wildman–Crippen LogP) is 4.03. The second kappa shape index (κ2) is 4.68. The van der Waals surface area contributed by atoms with E-state index < -0.39 is 0 Å². The molecule has 2 rings (SSSR count). The Labute approximate surface area is 105 Å². The maximum atomic E-state index is 9.61. The lowest BCUT2D eigenvalue weighted by Gasteiger charge is -2.07. The lowest BCUT2D eigenvalue weighted by molar-refractivity contribution is 0.408. The van der Waals surface area contributed by atoms with Gasteiger partial charge >= 0.3 is 0 Å². The Morgan fingerprint density at radius 3 is 2.35 bits per heavy atom. The van der Waals surface area contributed by atoms with Gasteiger partial charge in [0.05, 0.1) is 7.11 Å². The first-order chi connectivity index (χ1) is 8.08.